The third-order valence-corrected chi connectivity index (χ3v) is 4.47. The van der Waals surface area contributed by atoms with Gasteiger partial charge in [-0.2, -0.15) is 0 Å². The van der Waals surface area contributed by atoms with E-state index in [0.29, 0.717) is 12.6 Å². The molecule has 1 aromatic carbocycles. The lowest BCUT2D eigenvalue weighted by Crippen LogP contribution is -2.44. The maximum atomic E-state index is 13.4. The Bertz CT molecular complexity index is 501. The van der Waals surface area contributed by atoms with Crippen molar-refractivity contribution in [1.29, 1.82) is 0 Å². The van der Waals surface area contributed by atoms with Crippen LogP contribution in [0.1, 0.15) is 25.3 Å². The molecule has 1 heterocycles. The lowest BCUT2D eigenvalue weighted by Gasteiger charge is -2.24. The van der Waals surface area contributed by atoms with Gasteiger partial charge in [-0.05, 0) is 49.7 Å². The first-order chi connectivity index (χ1) is 10.6. The number of nitrogens with zero attached hydrogens (tertiary/aromatic N) is 2. The normalized spacial score (nSPS) is 19.5. The minimum absolute atomic E-state index is 0.237. The molecule has 0 radical (unpaired) electrons. The van der Waals surface area contributed by atoms with Gasteiger partial charge in [0.2, 0.25) is 0 Å². The van der Waals surface area contributed by atoms with E-state index in [1.807, 2.05) is 6.07 Å². The summed E-state index contributed by atoms with van der Waals surface area (Å²) in [5.74, 6) is 0.516. The first-order valence-electron chi connectivity index (χ1n) is 7.76. The van der Waals surface area contributed by atoms with Gasteiger partial charge in [-0.3, -0.25) is 9.89 Å². The van der Waals surface area contributed by atoms with E-state index < -0.39 is 0 Å². The van der Waals surface area contributed by atoms with Crippen molar-refractivity contribution < 1.29 is 4.39 Å². The molecule has 122 valence electrons. The Labute approximate surface area is 140 Å². The molecule has 4 nitrogen and oxygen atoms in total. The molecule has 1 fully saturated rings. The molecule has 1 unspecified atom stereocenters. The lowest BCUT2D eigenvalue weighted by atomic mass is 10.2. The van der Waals surface area contributed by atoms with Gasteiger partial charge in [0.1, 0.15) is 5.82 Å². The summed E-state index contributed by atoms with van der Waals surface area (Å²) in [6, 6.07) is 5.46. The Morgan fingerprint density at radius 3 is 2.91 bits per heavy atom. The number of hydrogen-bond donors (Lipinski definition) is 2. The Morgan fingerprint density at radius 1 is 1.41 bits per heavy atom. The fraction of sp³-hybridized carbons (Fsp3) is 0.562. The van der Waals surface area contributed by atoms with Crippen LogP contribution < -0.4 is 10.6 Å². The summed E-state index contributed by atoms with van der Waals surface area (Å²) in [5, 5.41) is 6.60. The summed E-state index contributed by atoms with van der Waals surface area (Å²) in [7, 11) is 1.75. The largest absolute Gasteiger partial charge is 0.355 e. The molecule has 1 aromatic rings. The minimum atomic E-state index is -0.237. The van der Waals surface area contributed by atoms with Crippen molar-refractivity contribution in [3.63, 3.8) is 0 Å². The maximum Gasteiger partial charge on any atom is 0.191 e. The number of hydrogen-bond acceptors (Lipinski definition) is 2. The van der Waals surface area contributed by atoms with Crippen LogP contribution >= 0.6 is 15.9 Å². The zero-order chi connectivity index (χ0) is 15.9. The SMILES string of the molecule is CCN1CCCC1CNC(=NC)NCc1cc(F)cc(Br)c1. The fourth-order valence-electron chi connectivity index (χ4n) is 2.88. The van der Waals surface area contributed by atoms with E-state index in [-0.39, 0.29) is 5.82 Å². The number of benzene rings is 1. The van der Waals surface area contributed by atoms with E-state index in [4.69, 9.17) is 0 Å². The van der Waals surface area contributed by atoms with E-state index in [1.54, 1.807) is 7.05 Å². The van der Waals surface area contributed by atoms with Crippen molar-refractivity contribution >= 4 is 21.9 Å². The Morgan fingerprint density at radius 2 is 2.23 bits per heavy atom. The third kappa shape index (κ3) is 4.95. The smallest absolute Gasteiger partial charge is 0.191 e. The topological polar surface area (TPSA) is 39.7 Å². The van der Waals surface area contributed by atoms with Crippen molar-refractivity contribution in [2.45, 2.75) is 32.4 Å². The zero-order valence-electron chi connectivity index (χ0n) is 13.2. The highest BCUT2D eigenvalue weighted by atomic mass is 79.9. The molecule has 0 spiro atoms. The van der Waals surface area contributed by atoms with Gasteiger partial charge in [0.15, 0.2) is 5.96 Å². The van der Waals surface area contributed by atoms with E-state index in [2.05, 4.69) is 43.4 Å². The molecule has 1 saturated heterocycles. The molecule has 1 aliphatic rings. The molecular weight excluding hydrogens is 347 g/mol. The Kier molecular flexibility index (Phi) is 6.64. The van der Waals surface area contributed by atoms with Gasteiger partial charge < -0.3 is 10.6 Å². The highest BCUT2D eigenvalue weighted by Crippen LogP contribution is 2.16. The first kappa shape index (κ1) is 17.2. The average Bonchev–Trinajstić information content (AvgIpc) is 2.94. The molecule has 0 saturated carbocycles. The number of likely N-dealkylation sites (N-methyl/N-ethyl adjacent to an activating group) is 1. The highest BCUT2D eigenvalue weighted by molar-refractivity contribution is 9.10. The molecule has 0 aliphatic carbocycles. The average molecular weight is 371 g/mol. The Balaban J connectivity index is 1.82. The molecule has 22 heavy (non-hydrogen) atoms. The number of guanidine groups is 1. The van der Waals surface area contributed by atoms with Crippen LogP contribution in [0.2, 0.25) is 0 Å². The molecule has 1 atom stereocenters. The molecule has 2 N–H and O–H groups in total. The van der Waals surface area contributed by atoms with Gasteiger partial charge in [-0.1, -0.05) is 22.9 Å². The predicted molar refractivity (Wildman–Crippen MR) is 92.6 cm³/mol. The lowest BCUT2D eigenvalue weighted by molar-refractivity contribution is 0.267. The summed E-state index contributed by atoms with van der Waals surface area (Å²) < 4.78 is 14.1. The van der Waals surface area contributed by atoms with Crippen molar-refractivity contribution in [2.24, 2.45) is 4.99 Å². The standard InChI is InChI=1S/C16H24BrFN4/c1-3-22-6-4-5-15(22)11-21-16(19-2)20-10-12-7-13(17)9-14(18)8-12/h7-9,15H,3-6,10-11H2,1-2H3,(H2,19,20,21). The van der Waals surface area contributed by atoms with Gasteiger partial charge >= 0.3 is 0 Å². The van der Waals surface area contributed by atoms with Crippen molar-refractivity contribution in [2.75, 3.05) is 26.7 Å². The van der Waals surface area contributed by atoms with Crippen LogP contribution in [0.15, 0.2) is 27.7 Å². The van der Waals surface area contributed by atoms with Crippen LogP contribution in [0.4, 0.5) is 4.39 Å². The third-order valence-electron chi connectivity index (χ3n) is 4.02. The molecule has 1 aliphatic heterocycles. The van der Waals surface area contributed by atoms with Crippen LogP contribution in [0, 0.1) is 5.82 Å². The molecule has 0 bridgehead atoms. The first-order valence-corrected chi connectivity index (χ1v) is 8.55. The monoisotopic (exact) mass is 370 g/mol. The molecule has 0 aromatic heterocycles. The molecule has 2 rings (SSSR count). The molecular formula is C16H24BrFN4. The van der Waals surface area contributed by atoms with Crippen LogP contribution in [0.25, 0.3) is 0 Å². The van der Waals surface area contributed by atoms with Crippen LogP contribution in [-0.4, -0.2) is 43.6 Å². The second kappa shape index (κ2) is 8.48. The number of likely N-dealkylation sites (tertiary alicyclic amines) is 1. The number of nitrogens with one attached hydrogen (secondary N) is 2. The summed E-state index contributed by atoms with van der Waals surface area (Å²) >= 11 is 3.31. The highest BCUT2D eigenvalue weighted by Gasteiger charge is 2.22. The Hall–Kier alpha value is -1.14. The van der Waals surface area contributed by atoms with E-state index in [0.717, 1.165) is 29.1 Å². The van der Waals surface area contributed by atoms with Crippen LogP contribution in [0.3, 0.4) is 0 Å². The van der Waals surface area contributed by atoms with Crippen LogP contribution in [0.5, 0.6) is 0 Å². The van der Waals surface area contributed by atoms with E-state index in [9.17, 15) is 4.39 Å². The van der Waals surface area contributed by atoms with Crippen LogP contribution in [-0.2, 0) is 6.54 Å². The molecule has 0 amide bonds. The minimum Gasteiger partial charge on any atom is -0.355 e. The van der Waals surface area contributed by atoms with Crippen molar-refractivity contribution in [3.05, 3.63) is 34.1 Å². The summed E-state index contributed by atoms with van der Waals surface area (Å²) in [6.07, 6.45) is 2.50. The van der Waals surface area contributed by atoms with Gasteiger partial charge in [0.25, 0.3) is 0 Å². The van der Waals surface area contributed by atoms with Crippen molar-refractivity contribution in [1.82, 2.24) is 15.5 Å². The summed E-state index contributed by atoms with van der Waals surface area (Å²) in [6.45, 7) is 5.91. The second-order valence-electron chi connectivity index (χ2n) is 5.51. The second-order valence-corrected chi connectivity index (χ2v) is 6.42. The van der Waals surface area contributed by atoms with Gasteiger partial charge in [-0.15, -0.1) is 0 Å². The number of rotatable bonds is 5. The fourth-order valence-corrected chi connectivity index (χ4v) is 3.39. The van der Waals surface area contributed by atoms with Gasteiger partial charge in [0, 0.05) is 30.7 Å². The van der Waals surface area contributed by atoms with Crippen molar-refractivity contribution in [3.8, 4) is 0 Å². The van der Waals surface area contributed by atoms with E-state index >= 15 is 0 Å². The van der Waals surface area contributed by atoms with E-state index in [1.165, 1.54) is 31.5 Å². The van der Waals surface area contributed by atoms with Gasteiger partial charge in [0.05, 0.1) is 0 Å². The quantitative estimate of drug-likeness (QED) is 0.618. The summed E-state index contributed by atoms with van der Waals surface area (Å²) in [5.41, 5.74) is 0.880. The maximum absolute atomic E-state index is 13.4. The zero-order valence-corrected chi connectivity index (χ0v) is 14.8. The molecule has 6 heteroatoms. The van der Waals surface area contributed by atoms with Gasteiger partial charge in [-0.25, -0.2) is 4.39 Å². The number of aliphatic imine (C=N–C) groups is 1. The number of halogens is 2. The predicted octanol–water partition coefficient (Wildman–Crippen LogP) is 2.74. The summed E-state index contributed by atoms with van der Waals surface area (Å²) in [4.78, 5) is 6.72.